The molecule has 0 saturated heterocycles. The van der Waals surface area contributed by atoms with Gasteiger partial charge in [-0.1, -0.05) is 103 Å². The van der Waals surface area contributed by atoms with Crippen molar-refractivity contribution in [1.82, 2.24) is 4.98 Å². The van der Waals surface area contributed by atoms with E-state index in [0.29, 0.717) is 6.42 Å². The minimum atomic E-state index is -0.817. The van der Waals surface area contributed by atoms with E-state index in [2.05, 4.69) is 83.8 Å². The van der Waals surface area contributed by atoms with Crippen molar-refractivity contribution < 1.29 is 9.90 Å². The maximum Gasteiger partial charge on any atom is 0.303 e. The number of hydrogen-bond acceptors (Lipinski definition) is 2. The predicted molar refractivity (Wildman–Crippen MR) is 142 cm³/mol. The van der Waals surface area contributed by atoms with Gasteiger partial charge in [0.1, 0.15) is 0 Å². The third kappa shape index (κ3) is 4.48. The first kappa shape index (κ1) is 22.0. The summed E-state index contributed by atoms with van der Waals surface area (Å²) in [6, 6.07) is 37.9. The SMILES string of the molecule is O=C(O)CCc1cnc2ccccc2c1-c1ccccc1P(c1ccccc1)c1ccccc1. The molecule has 4 heteroatoms. The van der Waals surface area contributed by atoms with E-state index in [1.807, 2.05) is 36.5 Å². The Labute approximate surface area is 200 Å². The number of carboxylic acids is 1. The first-order valence-electron chi connectivity index (χ1n) is 11.3. The fourth-order valence-electron chi connectivity index (χ4n) is 4.39. The molecule has 0 bridgehead atoms. The third-order valence-electron chi connectivity index (χ3n) is 5.91. The normalized spacial score (nSPS) is 11.1. The van der Waals surface area contributed by atoms with Gasteiger partial charge in [0, 0.05) is 18.0 Å². The van der Waals surface area contributed by atoms with Crippen LogP contribution >= 0.6 is 7.92 Å². The van der Waals surface area contributed by atoms with Crippen molar-refractivity contribution in [3.63, 3.8) is 0 Å². The first-order chi connectivity index (χ1) is 16.7. The molecule has 0 aliphatic heterocycles. The van der Waals surface area contributed by atoms with Crippen LogP contribution in [0, 0.1) is 0 Å². The van der Waals surface area contributed by atoms with E-state index in [9.17, 15) is 9.90 Å². The minimum Gasteiger partial charge on any atom is -0.481 e. The highest BCUT2D eigenvalue weighted by molar-refractivity contribution is 7.80. The highest BCUT2D eigenvalue weighted by Gasteiger charge is 2.22. The number of carbonyl (C=O) groups is 1. The zero-order chi connectivity index (χ0) is 23.3. The number of aryl methyl sites for hydroxylation is 1. The van der Waals surface area contributed by atoms with Gasteiger partial charge in [-0.05, 0) is 53.0 Å². The van der Waals surface area contributed by atoms with E-state index in [-0.39, 0.29) is 6.42 Å². The number of aliphatic carboxylic acids is 1. The molecule has 0 atom stereocenters. The van der Waals surface area contributed by atoms with Gasteiger partial charge in [-0.15, -0.1) is 0 Å². The quantitative estimate of drug-likeness (QED) is 0.318. The van der Waals surface area contributed by atoms with Gasteiger partial charge in [0.05, 0.1) is 5.52 Å². The molecule has 0 unspecified atom stereocenters. The van der Waals surface area contributed by atoms with Crippen molar-refractivity contribution in [3.8, 4) is 11.1 Å². The third-order valence-corrected chi connectivity index (χ3v) is 8.41. The Balaban J connectivity index is 1.78. The molecule has 0 amide bonds. The van der Waals surface area contributed by atoms with Crippen molar-refractivity contribution in [2.24, 2.45) is 0 Å². The minimum absolute atomic E-state index is 0.0708. The molecule has 166 valence electrons. The van der Waals surface area contributed by atoms with Crippen LogP contribution in [-0.2, 0) is 11.2 Å². The zero-order valence-corrected chi connectivity index (χ0v) is 19.5. The van der Waals surface area contributed by atoms with Gasteiger partial charge in [-0.25, -0.2) is 0 Å². The van der Waals surface area contributed by atoms with E-state index >= 15 is 0 Å². The van der Waals surface area contributed by atoms with E-state index in [0.717, 1.165) is 27.6 Å². The number of rotatable bonds is 7. The molecule has 5 rings (SSSR count). The number of aromatic nitrogens is 1. The highest BCUT2D eigenvalue weighted by atomic mass is 31.1. The van der Waals surface area contributed by atoms with Gasteiger partial charge < -0.3 is 5.11 Å². The first-order valence-corrected chi connectivity index (χ1v) is 12.6. The second kappa shape index (κ2) is 9.99. The Morgan fingerprint density at radius 2 is 1.32 bits per heavy atom. The molecular formula is C30H24NO2P. The molecule has 0 spiro atoms. The summed E-state index contributed by atoms with van der Waals surface area (Å²) in [5.41, 5.74) is 4.10. The second-order valence-corrected chi connectivity index (χ2v) is 10.3. The summed E-state index contributed by atoms with van der Waals surface area (Å²) >= 11 is 0. The van der Waals surface area contributed by atoms with Gasteiger partial charge in [-0.2, -0.15) is 0 Å². The number of para-hydroxylation sites is 1. The smallest absolute Gasteiger partial charge is 0.303 e. The number of carboxylic acid groups (broad SMARTS) is 1. The van der Waals surface area contributed by atoms with Crippen LogP contribution < -0.4 is 15.9 Å². The van der Waals surface area contributed by atoms with Crippen LogP contribution in [0.2, 0.25) is 0 Å². The lowest BCUT2D eigenvalue weighted by Gasteiger charge is -2.24. The lowest BCUT2D eigenvalue weighted by atomic mass is 9.94. The topological polar surface area (TPSA) is 50.2 Å². The standard InChI is InChI=1S/C30H24NO2P/c32-29(33)20-19-22-21-31-27-17-9-7-15-25(27)30(22)26-16-8-10-18-28(26)34(23-11-3-1-4-12-23)24-13-5-2-6-14-24/h1-18,21H,19-20H2,(H,32,33). The number of hydrogen-bond donors (Lipinski definition) is 1. The average Bonchev–Trinajstić information content (AvgIpc) is 2.89. The summed E-state index contributed by atoms with van der Waals surface area (Å²) in [5, 5.41) is 14.2. The number of fused-ring (bicyclic) bond motifs is 1. The maximum absolute atomic E-state index is 11.4. The fourth-order valence-corrected chi connectivity index (χ4v) is 6.85. The van der Waals surface area contributed by atoms with Crippen LogP contribution in [0.5, 0.6) is 0 Å². The Morgan fingerprint density at radius 1 is 0.735 bits per heavy atom. The molecule has 0 aliphatic carbocycles. The maximum atomic E-state index is 11.4. The summed E-state index contributed by atoms with van der Waals surface area (Å²) in [7, 11) is -0.817. The van der Waals surface area contributed by atoms with Crippen LogP contribution in [0.3, 0.4) is 0 Å². The van der Waals surface area contributed by atoms with Crippen molar-refractivity contribution in [3.05, 3.63) is 121 Å². The van der Waals surface area contributed by atoms with Gasteiger partial charge >= 0.3 is 5.97 Å². The van der Waals surface area contributed by atoms with E-state index in [1.165, 1.54) is 15.9 Å². The van der Waals surface area contributed by atoms with Crippen LogP contribution in [0.25, 0.3) is 22.0 Å². The molecule has 5 aromatic rings. The van der Waals surface area contributed by atoms with E-state index in [1.54, 1.807) is 0 Å². The molecular weight excluding hydrogens is 437 g/mol. The largest absolute Gasteiger partial charge is 0.481 e. The second-order valence-electron chi connectivity index (χ2n) is 8.09. The number of pyridine rings is 1. The number of benzene rings is 4. The summed E-state index contributed by atoms with van der Waals surface area (Å²) in [6.07, 6.45) is 2.36. The molecule has 3 nitrogen and oxygen atoms in total. The van der Waals surface area contributed by atoms with Gasteiger partial charge in [0.15, 0.2) is 0 Å². The van der Waals surface area contributed by atoms with Crippen molar-refractivity contribution in [1.29, 1.82) is 0 Å². The summed E-state index contributed by atoms with van der Waals surface area (Å²) in [5.74, 6) is -0.803. The summed E-state index contributed by atoms with van der Waals surface area (Å²) in [6.45, 7) is 0. The Hall–Kier alpha value is -3.81. The van der Waals surface area contributed by atoms with Crippen molar-refractivity contribution >= 4 is 40.7 Å². The molecule has 34 heavy (non-hydrogen) atoms. The van der Waals surface area contributed by atoms with Crippen LogP contribution in [0.15, 0.2) is 115 Å². The van der Waals surface area contributed by atoms with Gasteiger partial charge in [-0.3, -0.25) is 9.78 Å². The molecule has 0 fully saturated rings. The molecule has 0 saturated carbocycles. The highest BCUT2D eigenvalue weighted by Crippen LogP contribution is 2.40. The molecule has 1 N–H and O–H groups in total. The molecule has 0 aliphatic rings. The van der Waals surface area contributed by atoms with E-state index < -0.39 is 13.9 Å². The van der Waals surface area contributed by atoms with E-state index in [4.69, 9.17) is 0 Å². The summed E-state index contributed by atoms with van der Waals surface area (Å²) < 4.78 is 0. The molecule has 1 heterocycles. The van der Waals surface area contributed by atoms with Gasteiger partial charge in [0.2, 0.25) is 0 Å². The predicted octanol–water partition coefficient (Wildman–Crippen LogP) is 5.68. The molecule has 4 aromatic carbocycles. The summed E-state index contributed by atoms with van der Waals surface area (Å²) in [4.78, 5) is 16.1. The lowest BCUT2D eigenvalue weighted by Crippen LogP contribution is -2.22. The monoisotopic (exact) mass is 461 g/mol. The Morgan fingerprint density at radius 3 is 2.00 bits per heavy atom. The fraction of sp³-hybridized carbons (Fsp3) is 0.0667. The van der Waals surface area contributed by atoms with Crippen LogP contribution in [0.4, 0.5) is 0 Å². The Bertz CT molecular complexity index is 1400. The molecule has 0 radical (unpaired) electrons. The van der Waals surface area contributed by atoms with Crippen LogP contribution in [0.1, 0.15) is 12.0 Å². The van der Waals surface area contributed by atoms with Crippen LogP contribution in [-0.4, -0.2) is 16.1 Å². The van der Waals surface area contributed by atoms with Gasteiger partial charge in [0.25, 0.3) is 0 Å². The zero-order valence-electron chi connectivity index (χ0n) is 18.6. The van der Waals surface area contributed by atoms with Crippen molar-refractivity contribution in [2.75, 3.05) is 0 Å². The lowest BCUT2D eigenvalue weighted by molar-refractivity contribution is -0.136. The number of nitrogens with zero attached hydrogens (tertiary/aromatic N) is 1. The average molecular weight is 462 g/mol. The molecule has 1 aromatic heterocycles. The Kier molecular flexibility index (Phi) is 6.46. The van der Waals surface area contributed by atoms with Crippen molar-refractivity contribution in [2.45, 2.75) is 12.8 Å².